The summed E-state index contributed by atoms with van der Waals surface area (Å²) in [4.78, 5) is 27.4. The highest BCUT2D eigenvalue weighted by molar-refractivity contribution is 7.13. The number of H-pyrrole nitrogens is 1. The second kappa shape index (κ2) is 4.96. The number of rotatable bonds is 2. The molecule has 0 saturated carbocycles. The third-order valence-corrected chi connectivity index (χ3v) is 4.69. The molecule has 0 radical (unpaired) electrons. The zero-order chi connectivity index (χ0) is 14.2. The zero-order valence-corrected chi connectivity index (χ0v) is 12.2. The molecule has 1 fully saturated rings. The second-order valence-electron chi connectivity index (χ2n) is 5.12. The number of fused-ring (bicyclic) bond motifs is 1. The van der Waals surface area contributed by atoms with Gasteiger partial charge in [0.2, 0.25) is 5.95 Å². The molecule has 106 valence electrons. The number of thiophene rings is 1. The van der Waals surface area contributed by atoms with E-state index in [9.17, 15) is 4.79 Å². The van der Waals surface area contributed by atoms with Crippen LogP contribution in [0.15, 0.2) is 34.6 Å². The van der Waals surface area contributed by atoms with Gasteiger partial charge in [0.25, 0.3) is 5.56 Å². The molecule has 0 atom stereocenters. The van der Waals surface area contributed by atoms with E-state index >= 15 is 0 Å². The van der Waals surface area contributed by atoms with Crippen molar-refractivity contribution in [3.63, 3.8) is 0 Å². The van der Waals surface area contributed by atoms with Crippen molar-refractivity contribution >= 4 is 28.3 Å². The zero-order valence-electron chi connectivity index (χ0n) is 11.4. The van der Waals surface area contributed by atoms with Crippen LogP contribution in [-0.2, 0) is 0 Å². The molecule has 21 heavy (non-hydrogen) atoms. The molecule has 0 aliphatic carbocycles. The van der Waals surface area contributed by atoms with Gasteiger partial charge in [-0.05, 0) is 30.4 Å². The van der Waals surface area contributed by atoms with Gasteiger partial charge >= 0.3 is 0 Å². The van der Waals surface area contributed by atoms with Crippen molar-refractivity contribution < 1.29 is 0 Å². The molecular formula is C15H14N4OS. The van der Waals surface area contributed by atoms with Crippen molar-refractivity contribution in [1.82, 2.24) is 15.0 Å². The van der Waals surface area contributed by atoms with Gasteiger partial charge in [-0.2, -0.15) is 4.98 Å². The van der Waals surface area contributed by atoms with Crippen LogP contribution in [0.5, 0.6) is 0 Å². The minimum absolute atomic E-state index is 0.113. The van der Waals surface area contributed by atoms with E-state index in [1.54, 1.807) is 17.5 Å². The number of aromatic nitrogens is 3. The van der Waals surface area contributed by atoms with Gasteiger partial charge in [-0.25, -0.2) is 4.98 Å². The van der Waals surface area contributed by atoms with Crippen LogP contribution in [0, 0.1) is 0 Å². The summed E-state index contributed by atoms with van der Waals surface area (Å²) in [5.74, 6) is 0.640. The molecular weight excluding hydrogens is 284 g/mol. The summed E-state index contributed by atoms with van der Waals surface area (Å²) in [5, 5.41) is 2.57. The summed E-state index contributed by atoms with van der Waals surface area (Å²) in [6.45, 7) is 1.89. The SMILES string of the molecule is O=c1[nH]c(N2CCCC2)nc2nccc(-c3cccs3)c12. The molecule has 3 aromatic rings. The molecule has 4 rings (SSSR count). The topological polar surface area (TPSA) is 61.9 Å². The quantitative estimate of drug-likeness (QED) is 0.790. The van der Waals surface area contributed by atoms with Gasteiger partial charge in [-0.15, -0.1) is 11.3 Å². The van der Waals surface area contributed by atoms with Gasteiger partial charge in [0, 0.05) is 29.7 Å². The smallest absolute Gasteiger partial charge is 0.262 e. The fourth-order valence-electron chi connectivity index (χ4n) is 2.77. The Hall–Kier alpha value is -2.21. The second-order valence-corrected chi connectivity index (χ2v) is 6.07. The molecule has 0 spiro atoms. The standard InChI is InChI=1S/C15H14N4OS/c20-14-12-10(11-4-3-9-21-11)5-6-16-13(12)17-15(18-14)19-7-1-2-8-19/h3-6,9H,1-2,7-8H2,(H,16,17,18,20). The highest BCUT2D eigenvalue weighted by atomic mass is 32.1. The number of nitrogens with zero attached hydrogens (tertiary/aromatic N) is 3. The van der Waals surface area contributed by atoms with Crippen molar-refractivity contribution in [3.05, 3.63) is 40.1 Å². The summed E-state index contributed by atoms with van der Waals surface area (Å²) >= 11 is 1.61. The van der Waals surface area contributed by atoms with Crippen LogP contribution < -0.4 is 10.5 Å². The largest absolute Gasteiger partial charge is 0.342 e. The first kappa shape index (κ1) is 12.5. The fraction of sp³-hybridized carbons (Fsp3) is 0.267. The van der Waals surface area contributed by atoms with Crippen molar-refractivity contribution in [3.8, 4) is 10.4 Å². The first-order valence-corrected chi connectivity index (χ1v) is 7.89. The van der Waals surface area contributed by atoms with Crippen LogP contribution in [0.25, 0.3) is 21.5 Å². The van der Waals surface area contributed by atoms with Crippen LogP contribution in [0.2, 0.25) is 0 Å². The molecule has 5 nitrogen and oxygen atoms in total. The molecule has 0 amide bonds. The number of hydrogen-bond donors (Lipinski definition) is 1. The summed E-state index contributed by atoms with van der Waals surface area (Å²) in [7, 11) is 0. The number of hydrogen-bond acceptors (Lipinski definition) is 5. The van der Waals surface area contributed by atoms with E-state index in [0.29, 0.717) is 17.0 Å². The molecule has 6 heteroatoms. The molecule has 3 aromatic heterocycles. The highest BCUT2D eigenvalue weighted by Gasteiger charge is 2.17. The predicted octanol–water partition coefficient (Wildman–Crippen LogP) is 2.65. The maximum Gasteiger partial charge on any atom is 0.262 e. The van der Waals surface area contributed by atoms with E-state index in [1.165, 1.54) is 0 Å². The van der Waals surface area contributed by atoms with Gasteiger partial charge in [0.1, 0.15) is 0 Å². The van der Waals surface area contributed by atoms with E-state index in [4.69, 9.17) is 0 Å². The molecule has 1 saturated heterocycles. The monoisotopic (exact) mass is 298 g/mol. The minimum Gasteiger partial charge on any atom is -0.342 e. The van der Waals surface area contributed by atoms with Crippen LogP contribution in [0.4, 0.5) is 5.95 Å². The lowest BCUT2D eigenvalue weighted by Gasteiger charge is -2.15. The van der Waals surface area contributed by atoms with Crippen molar-refractivity contribution in [2.24, 2.45) is 0 Å². The Morgan fingerprint density at radius 3 is 2.86 bits per heavy atom. The number of pyridine rings is 1. The van der Waals surface area contributed by atoms with Crippen LogP contribution in [0.3, 0.4) is 0 Å². The summed E-state index contributed by atoms with van der Waals surface area (Å²) in [6.07, 6.45) is 4.01. The highest BCUT2D eigenvalue weighted by Crippen LogP contribution is 2.28. The lowest BCUT2D eigenvalue weighted by molar-refractivity contribution is 0.897. The molecule has 0 unspecified atom stereocenters. The molecule has 1 aliphatic heterocycles. The summed E-state index contributed by atoms with van der Waals surface area (Å²) in [5.41, 5.74) is 1.31. The number of aromatic amines is 1. The molecule has 4 heterocycles. The van der Waals surface area contributed by atoms with Gasteiger partial charge < -0.3 is 4.90 Å². The Balaban J connectivity index is 1.93. The lowest BCUT2D eigenvalue weighted by atomic mass is 10.1. The third-order valence-electron chi connectivity index (χ3n) is 3.79. The summed E-state index contributed by atoms with van der Waals surface area (Å²) < 4.78 is 0. The fourth-order valence-corrected chi connectivity index (χ4v) is 3.53. The lowest BCUT2D eigenvalue weighted by Crippen LogP contribution is -2.24. The van der Waals surface area contributed by atoms with E-state index < -0.39 is 0 Å². The van der Waals surface area contributed by atoms with Crippen molar-refractivity contribution in [2.75, 3.05) is 18.0 Å². The maximum atomic E-state index is 12.5. The number of anilines is 1. The molecule has 1 N–H and O–H groups in total. The van der Waals surface area contributed by atoms with Crippen LogP contribution >= 0.6 is 11.3 Å². The Labute approximate surface area is 125 Å². The first-order chi connectivity index (χ1) is 10.3. The van der Waals surface area contributed by atoms with E-state index in [2.05, 4.69) is 19.9 Å². The Bertz CT molecular complexity index is 835. The average molecular weight is 298 g/mol. The first-order valence-electron chi connectivity index (χ1n) is 7.01. The molecule has 0 bridgehead atoms. The molecule has 0 aromatic carbocycles. The number of nitrogens with one attached hydrogen (secondary N) is 1. The van der Waals surface area contributed by atoms with Gasteiger partial charge in [0.15, 0.2) is 5.65 Å². The van der Waals surface area contributed by atoms with Crippen molar-refractivity contribution in [2.45, 2.75) is 12.8 Å². The van der Waals surface area contributed by atoms with Gasteiger partial charge in [-0.1, -0.05) is 6.07 Å². The van der Waals surface area contributed by atoms with Gasteiger partial charge in [-0.3, -0.25) is 9.78 Å². The Kier molecular flexibility index (Phi) is 2.96. The third kappa shape index (κ3) is 2.12. The average Bonchev–Trinajstić information content (AvgIpc) is 3.20. The Morgan fingerprint density at radius 2 is 2.10 bits per heavy atom. The summed E-state index contributed by atoms with van der Waals surface area (Å²) in [6, 6.07) is 5.86. The van der Waals surface area contributed by atoms with Gasteiger partial charge in [0.05, 0.1) is 5.39 Å². The predicted molar refractivity (Wildman–Crippen MR) is 84.9 cm³/mol. The van der Waals surface area contributed by atoms with Crippen molar-refractivity contribution in [1.29, 1.82) is 0 Å². The van der Waals surface area contributed by atoms with E-state index in [-0.39, 0.29) is 5.56 Å². The minimum atomic E-state index is -0.113. The molecule has 1 aliphatic rings. The van der Waals surface area contributed by atoms with Crippen LogP contribution in [-0.4, -0.2) is 28.0 Å². The van der Waals surface area contributed by atoms with Crippen LogP contribution in [0.1, 0.15) is 12.8 Å². The van der Waals surface area contributed by atoms with E-state index in [1.807, 2.05) is 23.6 Å². The normalized spacial score (nSPS) is 15.0. The Morgan fingerprint density at radius 1 is 1.24 bits per heavy atom. The van der Waals surface area contributed by atoms with E-state index in [0.717, 1.165) is 36.4 Å². The maximum absolute atomic E-state index is 12.5.